The van der Waals surface area contributed by atoms with Crippen LogP contribution in [0.4, 0.5) is 0 Å². The van der Waals surface area contributed by atoms with E-state index in [1.54, 1.807) is 11.8 Å². The monoisotopic (exact) mass is 453 g/mol. The van der Waals surface area contributed by atoms with Gasteiger partial charge in [-0.15, -0.1) is 0 Å². The van der Waals surface area contributed by atoms with Crippen molar-refractivity contribution in [2.24, 2.45) is 0 Å². The van der Waals surface area contributed by atoms with Gasteiger partial charge in [-0.2, -0.15) is 0 Å². The first-order valence-electron chi connectivity index (χ1n) is 11.5. The molecule has 0 bridgehead atoms. The Bertz CT molecular complexity index is 977. The first-order valence-corrected chi connectivity index (χ1v) is 11.5. The Morgan fingerprint density at radius 1 is 1.18 bits per heavy atom. The van der Waals surface area contributed by atoms with E-state index >= 15 is 0 Å². The molecular weight excluding hydrogens is 422 g/mol. The van der Waals surface area contributed by atoms with Crippen LogP contribution in [-0.2, 0) is 17.8 Å². The number of aliphatic hydroxyl groups is 1. The van der Waals surface area contributed by atoms with Gasteiger partial charge in [-0.3, -0.25) is 14.5 Å². The maximum Gasteiger partial charge on any atom is 0.270 e. The van der Waals surface area contributed by atoms with Crippen LogP contribution in [0.25, 0.3) is 0 Å². The Kier molecular flexibility index (Phi) is 7.51. The number of nitrogens with one attached hydrogen (secondary N) is 1. The lowest BCUT2D eigenvalue weighted by Crippen LogP contribution is -2.42. The fraction of sp³-hybridized carbons (Fsp3) is 0.500. The molecule has 1 aromatic heterocycles. The first-order chi connectivity index (χ1) is 16.0. The third-order valence-corrected chi connectivity index (χ3v) is 6.23. The standard InChI is InChI=1S/C24H31N5O4/c1-17(30)29-10-7-21(8-11-29)33-23-12-22(26-16-27-23)24(32)25-13-20(31)15-28-9-6-18-4-2-3-5-19(18)14-28/h2-5,12,16,20-21,31H,6-11,13-15H2,1H3,(H,25,32)/t20-/m0/s1. The van der Waals surface area contributed by atoms with E-state index in [4.69, 9.17) is 4.74 Å². The number of aromatic nitrogens is 2. The molecule has 1 fully saturated rings. The number of β-amino-alcohol motifs (C(OH)–C–C–N with tert-alkyl or cyclic N) is 1. The third-order valence-electron chi connectivity index (χ3n) is 6.23. The molecule has 3 heterocycles. The highest BCUT2D eigenvalue weighted by atomic mass is 16.5. The molecule has 2 amide bonds. The highest BCUT2D eigenvalue weighted by Gasteiger charge is 2.23. The smallest absolute Gasteiger partial charge is 0.270 e. The van der Waals surface area contributed by atoms with Gasteiger partial charge < -0.3 is 20.1 Å². The Morgan fingerprint density at radius 3 is 2.70 bits per heavy atom. The lowest BCUT2D eigenvalue weighted by molar-refractivity contribution is -0.130. The van der Waals surface area contributed by atoms with Crippen molar-refractivity contribution >= 4 is 11.8 Å². The predicted molar refractivity (Wildman–Crippen MR) is 122 cm³/mol. The Balaban J connectivity index is 1.23. The molecule has 2 aliphatic heterocycles. The highest BCUT2D eigenvalue weighted by Crippen LogP contribution is 2.19. The van der Waals surface area contributed by atoms with E-state index in [1.165, 1.54) is 23.5 Å². The van der Waals surface area contributed by atoms with Gasteiger partial charge in [0.2, 0.25) is 11.8 Å². The summed E-state index contributed by atoms with van der Waals surface area (Å²) in [5.74, 6) is 0.0300. The molecule has 9 nitrogen and oxygen atoms in total. The van der Waals surface area contributed by atoms with E-state index in [0.717, 1.165) is 32.4 Å². The quantitative estimate of drug-likeness (QED) is 0.644. The van der Waals surface area contributed by atoms with Crippen LogP contribution >= 0.6 is 0 Å². The zero-order valence-corrected chi connectivity index (χ0v) is 18.9. The van der Waals surface area contributed by atoms with Crippen molar-refractivity contribution in [1.82, 2.24) is 25.1 Å². The van der Waals surface area contributed by atoms with Crippen molar-refractivity contribution in [3.63, 3.8) is 0 Å². The number of piperidine rings is 1. The van der Waals surface area contributed by atoms with Gasteiger partial charge in [0.1, 0.15) is 18.1 Å². The summed E-state index contributed by atoms with van der Waals surface area (Å²) < 4.78 is 5.90. The third kappa shape index (κ3) is 6.27. The van der Waals surface area contributed by atoms with Gasteiger partial charge in [0.05, 0.1) is 6.10 Å². The predicted octanol–water partition coefficient (Wildman–Crippen LogP) is 1.02. The van der Waals surface area contributed by atoms with Gasteiger partial charge in [0.15, 0.2) is 0 Å². The summed E-state index contributed by atoms with van der Waals surface area (Å²) in [4.78, 5) is 36.1. The lowest BCUT2D eigenvalue weighted by atomic mass is 10.00. The fourth-order valence-corrected chi connectivity index (χ4v) is 4.36. The van der Waals surface area contributed by atoms with E-state index in [1.807, 2.05) is 6.07 Å². The molecule has 2 aromatic rings. The summed E-state index contributed by atoms with van der Waals surface area (Å²) in [6, 6.07) is 9.88. The van der Waals surface area contributed by atoms with Gasteiger partial charge in [0.25, 0.3) is 5.91 Å². The summed E-state index contributed by atoms with van der Waals surface area (Å²) in [5, 5.41) is 13.2. The van der Waals surface area contributed by atoms with Crippen molar-refractivity contribution in [3.05, 3.63) is 53.5 Å². The molecule has 0 radical (unpaired) electrons. The zero-order chi connectivity index (χ0) is 23.2. The average Bonchev–Trinajstić information content (AvgIpc) is 2.83. The molecule has 176 valence electrons. The zero-order valence-electron chi connectivity index (χ0n) is 18.9. The molecule has 1 aromatic carbocycles. The van der Waals surface area contributed by atoms with Crippen LogP contribution in [0.3, 0.4) is 0 Å². The van der Waals surface area contributed by atoms with Crippen LogP contribution in [0, 0.1) is 0 Å². The van der Waals surface area contributed by atoms with Crippen LogP contribution in [0.1, 0.15) is 41.4 Å². The van der Waals surface area contributed by atoms with Gasteiger partial charge >= 0.3 is 0 Å². The van der Waals surface area contributed by atoms with Gasteiger partial charge in [-0.1, -0.05) is 24.3 Å². The highest BCUT2D eigenvalue weighted by molar-refractivity contribution is 5.92. The topological polar surface area (TPSA) is 108 Å². The SMILES string of the molecule is CC(=O)N1CCC(Oc2cc(C(=O)NC[C@H](O)CN3CCc4ccccc4C3)ncn2)CC1. The van der Waals surface area contributed by atoms with Crippen LogP contribution in [0.2, 0.25) is 0 Å². The molecule has 0 spiro atoms. The minimum absolute atomic E-state index is 0.0529. The van der Waals surface area contributed by atoms with E-state index in [9.17, 15) is 14.7 Å². The Morgan fingerprint density at radius 2 is 1.94 bits per heavy atom. The molecule has 4 rings (SSSR count). The molecule has 0 saturated carbocycles. The van der Waals surface area contributed by atoms with E-state index in [-0.39, 0.29) is 30.2 Å². The second-order valence-corrected chi connectivity index (χ2v) is 8.68. The molecule has 33 heavy (non-hydrogen) atoms. The summed E-state index contributed by atoms with van der Waals surface area (Å²) in [5.41, 5.74) is 2.85. The number of aliphatic hydroxyl groups excluding tert-OH is 1. The van der Waals surface area contributed by atoms with Gasteiger partial charge in [-0.25, -0.2) is 9.97 Å². The molecule has 1 saturated heterocycles. The largest absolute Gasteiger partial charge is 0.474 e. The summed E-state index contributed by atoms with van der Waals surface area (Å²) >= 11 is 0. The maximum atomic E-state index is 12.5. The number of hydrogen-bond donors (Lipinski definition) is 2. The number of carbonyl (C=O) groups excluding carboxylic acids is 2. The summed E-state index contributed by atoms with van der Waals surface area (Å²) in [6.45, 7) is 5.20. The van der Waals surface area contributed by atoms with E-state index < -0.39 is 6.10 Å². The van der Waals surface area contributed by atoms with E-state index in [0.29, 0.717) is 25.5 Å². The van der Waals surface area contributed by atoms with Crippen LogP contribution in [0.5, 0.6) is 5.88 Å². The summed E-state index contributed by atoms with van der Waals surface area (Å²) in [7, 11) is 0. The van der Waals surface area contributed by atoms with Crippen LogP contribution < -0.4 is 10.1 Å². The molecule has 9 heteroatoms. The molecular formula is C24H31N5O4. The molecule has 1 atom stereocenters. The van der Waals surface area contributed by atoms with Crippen LogP contribution in [-0.4, -0.2) is 81.6 Å². The maximum absolute atomic E-state index is 12.5. The van der Waals surface area contributed by atoms with Crippen molar-refractivity contribution in [3.8, 4) is 5.88 Å². The molecule has 0 aliphatic carbocycles. The minimum atomic E-state index is -0.678. The first kappa shape index (κ1) is 23.1. The molecule has 0 unspecified atom stereocenters. The fourth-order valence-electron chi connectivity index (χ4n) is 4.36. The Labute approximate surface area is 193 Å². The lowest BCUT2D eigenvalue weighted by Gasteiger charge is -2.31. The number of hydrogen-bond acceptors (Lipinski definition) is 7. The van der Waals surface area contributed by atoms with Crippen molar-refractivity contribution in [2.45, 2.75) is 44.9 Å². The second-order valence-electron chi connectivity index (χ2n) is 8.68. The number of nitrogens with zero attached hydrogens (tertiary/aromatic N) is 4. The van der Waals surface area contributed by atoms with Crippen molar-refractivity contribution in [2.75, 3.05) is 32.7 Å². The number of carbonyl (C=O) groups is 2. The minimum Gasteiger partial charge on any atom is -0.474 e. The number of amides is 2. The second kappa shape index (κ2) is 10.7. The number of ether oxygens (including phenoxy) is 1. The van der Waals surface area contributed by atoms with Gasteiger partial charge in [0, 0.05) is 65.1 Å². The summed E-state index contributed by atoms with van der Waals surface area (Å²) in [6.07, 6.45) is 2.98. The normalized spacial score (nSPS) is 17.8. The Hall–Kier alpha value is -3.04. The van der Waals surface area contributed by atoms with Crippen molar-refractivity contribution < 1.29 is 19.4 Å². The van der Waals surface area contributed by atoms with Crippen LogP contribution in [0.15, 0.2) is 36.7 Å². The molecule has 2 aliphatic rings. The number of fused-ring (bicyclic) bond motifs is 1. The molecule has 2 N–H and O–H groups in total. The average molecular weight is 454 g/mol. The number of benzene rings is 1. The van der Waals surface area contributed by atoms with Crippen molar-refractivity contribution in [1.29, 1.82) is 0 Å². The number of rotatable bonds is 7. The number of likely N-dealkylation sites (tertiary alicyclic amines) is 1. The van der Waals surface area contributed by atoms with Gasteiger partial charge in [-0.05, 0) is 17.5 Å². The van der Waals surface area contributed by atoms with E-state index in [2.05, 4.69) is 38.4 Å².